The standard InChI is InChI=1S/C10H20N2OS/c1-3-5-12-10(2,9-11)4-7-14-8-6-13/h12-13H,3-8H2,1-2H3. The minimum Gasteiger partial charge on any atom is -0.396 e. The summed E-state index contributed by atoms with van der Waals surface area (Å²) in [5, 5.41) is 20.8. The largest absolute Gasteiger partial charge is 0.396 e. The molecule has 0 spiro atoms. The lowest BCUT2D eigenvalue weighted by Crippen LogP contribution is -2.41. The van der Waals surface area contributed by atoms with Crippen LogP contribution >= 0.6 is 11.8 Å². The number of thioether (sulfide) groups is 1. The summed E-state index contributed by atoms with van der Waals surface area (Å²) in [4.78, 5) is 0. The van der Waals surface area contributed by atoms with Gasteiger partial charge in [-0.25, -0.2) is 0 Å². The lowest BCUT2D eigenvalue weighted by atomic mass is 10.0. The average Bonchev–Trinajstić information content (AvgIpc) is 2.22. The molecule has 0 radical (unpaired) electrons. The molecule has 0 aromatic rings. The molecule has 0 rings (SSSR count). The minimum atomic E-state index is -0.404. The summed E-state index contributed by atoms with van der Waals surface area (Å²) < 4.78 is 0. The van der Waals surface area contributed by atoms with Gasteiger partial charge in [0, 0.05) is 5.75 Å². The number of aliphatic hydroxyl groups is 1. The molecule has 0 aromatic carbocycles. The molecule has 0 heterocycles. The fourth-order valence-electron chi connectivity index (χ4n) is 1.03. The van der Waals surface area contributed by atoms with Gasteiger partial charge in [-0.3, -0.25) is 5.32 Å². The lowest BCUT2D eigenvalue weighted by Gasteiger charge is -2.22. The van der Waals surface area contributed by atoms with Gasteiger partial charge in [-0.2, -0.15) is 17.0 Å². The summed E-state index contributed by atoms with van der Waals surface area (Å²) in [7, 11) is 0. The number of nitrogens with one attached hydrogen (secondary N) is 1. The monoisotopic (exact) mass is 216 g/mol. The van der Waals surface area contributed by atoms with Gasteiger partial charge in [0.25, 0.3) is 0 Å². The Balaban J connectivity index is 3.70. The van der Waals surface area contributed by atoms with E-state index >= 15 is 0 Å². The summed E-state index contributed by atoms with van der Waals surface area (Å²) >= 11 is 1.69. The molecule has 0 saturated carbocycles. The Morgan fingerprint density at radius 2 is 2.21 bits per heavy atom. The van der Waals surface area contributed by atoms with Crippen molar-refractivity contribution in [3.63, 3.8) is 0 Å². The highest BCUT2D eigenvalue weighted by atomic mass is 32.2. The van der Waals surface area contributed by atoms with Gasteiger partial charge in [0.05, 0.1) is 12.7 Å². The number of rotatable bonds is 8. The molecule has 0 aliphatic heterocycles. The van der Waals surface area contributed by atoms with E-state index in [4.69, 9.17) is 10.4 Å². The second-order valence-electron chi connectivity index (χ2n) is 3.46. The van der Waals surface area contributed by atoms with Crippen molar-refractivity contribution in [3.8, 4) is 6.07 Å². The van der Waals surface area contributed by atoms with Crippen LogP contribution in [0.3, 0.4) is 0 Å². The number of hydrogen-bond acceptors (Lipinski definition) is 4. The van der Waals surface area contributed by atoms with Crippen LogP contribution in [0.1, 0.15) is 26.7 Å². The molecule has 1 atom stereocenters. The van der Waals surface area contributed by atoms with E-state index in [0.29, 0.717) is 0 Å². The van der Waals surface area contributed by atoms with Crippen LogP contribution < -0.4 is 5.32 Å². The van der Waals surface area contributed by atoms with E-state index in [2.05, 4.69) is 18.3 Å². The van der Waals surface area contributed by atoms with Gasteiger partial charge in [0.2, 0.25) is 0 Å². The molecule has 0 saturated heterocycles. The van der Waals surface area contributed by atoms with Crippen molar-refractivity contribution in [1.29, 1.82) is 5.26 Å². The van der Waals surface area contributed by atoms with Crippen LogP contribution in [0.15, 0.2) is 0 Å². The maximum absolute atomic E-state index is 9.00. The van der Waals surface area contributed by atoms with E-state index in [1.165, 1.54) is 0 Å². The average molecular weight is 216 g/mol. The van der Waals surface area contributed by atoms with Gasteiger partial charge < -0.3 is 5.11 Å². The van der Waals surface area contributed by atoms with Crippen LogP contribution in [0.4, 0.5) is 0 Å². The van der Waals surface area contributed by atoms with Gasteiger partial charge in [0.1, 0.15) is 5.54 Å². The first-order valence-corrected chi connectivity index (χ1v) is 6.19. The Morgan fingerprint density at radius 1 is 1.50 bits per heavy atom. The van der Waals surface area contributed by atoms with Crippen LogP contribution in [0.5, 0.6) is 0 Å². The Hall–Kier alpha value is -0.240. The fraction of sp³-hybridized carbons (Fsp3) is 0.900. The number of hydrogen-bond donors (Lipinski definition) is 2. The van der Waals surface area contributed by atoms with E-state index in [0.717, 1.165) is 30.9 Å². The van der Waals surface area contributed by atoms with Crippen molar-refractivity contribution in [2.45, 2.75) is 32.2 Å². The first-order chi connectivity index (χ1) is 6.68. The lowest BCUT2D eigenvalue weighted by molar-refractivity contribution is 0.322. The topological polar surface area (TPSA) is 56.0 Å². The van der Waals surface area contributed by atoms with Crippen molar-refractivity contribution in [2.75, 3.05) is 24.7 Å². The second-order valence-corrected chi connectivity index (χ2v) is 4.68. The molecule has 3 nitrogen and oxygen atoms in total. The number of aliphatic hydroxyl groups excluding tert-OH is 1. The Labute approximate surface area is 90.9 Å². The van der Waals surface area contributed by atoms with E-state index in [1.807, 2.05) is 6.92 Å². The molecule has 0 fully saturated rings. The summed E-state index contributed by atoms with van der Waals surface area (Å²) in [6.45, 7) is 5.12. The van der Waals surface area contributed by atoms with E-state index in [1.54, 1.807) is 11.8 Å². The minimum absolute atomic E-state index is 0.219. The van der Waals surface area contributed by atoms with Gasteiger partial charge in [-0.1, -0.05) is 6.92 Å². The zero-order valence-electron chi connectivity index (χ0n) is 9.05. The summed E-state index contributed by atoms with van der Waals surface area (Å²) in [5.41, 5.74) is -0.404. The van der Waals surface area contributed by atoms with E-state index < -0.39 is 5.54 Å². The Bertz CT molecular complexity index is 181. The maximum atomic E-state index is 9.00. The van der Waals surface area contributed by atoms with E-state index in [9.17, 15) is 0 Å². The zero-order chi connectivity index (χ0) is 10.9. The van der Waals surface area contributed by atoms with E-state index in [-0.39, 0.29) is 6.61 Å². The van der Waals surface area contributed by atoms with Crippen molar-refractivity contribution < 1.29 is 5.11 Å². The van der Waals surface area contributed by atoms with Crippen LogP contribution in [0.2, 0.25) is 0 Å². The molecule has 0 amide bonds. The molecule has 0 aliphatic carbocycles. The fourth-order valence-corrected chi connectivity index (χ4v) is 1.91. The molecule has 1 unspecified atom stereocenters. The number of nitriles is 1. The van der Waals surface area contributed by atoms with Crippen LogP contribution in [0, 0.1) is 11.3 Å². The predicted octanol–water partition coefficient (Wildman–Crippen LogP) is 1.38. The highest BCUT2D eigenvalue weighted by Gasteiger charge is 2.21. The van der Waals surface area contributed by atoms with Crippen LogP contribution in [0.25, 0.3) is 0 Å². The van der Waals surface area contributed by atoms with Gasteiger partial charge >= 0.3 is 0 Å². The van der Waals surface area contributed by atoms with Crippen molar-refractivity contribution in [1.82, 2.24) is 5.32 Å². The van der Waals surface area contributed by atoms with Gasteiger partial charge in [-0.05, 0) is 32.1 Å². The van der Waals surface area contributed by atoms with Crippen molar-refractivity contribution in [2.24, 2.45) is 0 Å². The summed E-state index contributed by atoms with van der Waals surface area (Å²) in [6.07, 6.45) is 1.87. The predicted molar refractivity (Wildman–Crippen MR) is 61.3 cm³/mol. The van der Waals surface area contributed by atoms with Gasteiger partial charge in [-0.15, -0.1) is 0 Å². The normalized spacial score (nSPS) is 14.7. The zero-order valence-corrected chi connectivity index (χ0v) is 9.86. The highest BCUT2D eigenvalue weighted by molar-refractivity contribution is 7.99. The molecule has 0 aromatic heterocycles. The maximum Gasteiger partial charge on any atom is 0.104 e. The third-order valence-electron chi connectivity index (χ3n) is 1.99. The molecule has 4 heteroatoms. The summed E-state index contributed by atoms with van der Waals surface area (Å²) in [5.74, 6) is 1.68. The molecule has 2 N–H and O–H groups in total. The van der Waals surface area contributed by atoms with Crippen molar-refractivity contribution in [3.05, 3.63) is 0 Å². The second kappa shape index (κ2) is 8.10. The van der Waals surface area contributed by atoms with Crippen molar-refractivity contribution >= 4 is 11.8 Å². The molecular formula is C10H20N2OS. The third kappa shape index (κ3) is 6.25. The molecular weight excluding hydrogens is 196 g/mol. The molecule has 0 bridgehead atoms. The SMILES string of the molecule is CCCNC(C)(C#N)CCSCCO. The summed E-state index contributed by atoms with van der Waals surface area (Å²) in [6, 6.07) is 2.30. The smallest absolute Gasteiger partial charge is 0.104 e. The molecule has 82 valence electrons. The quantitative estimate of drug-likeness (QED) is 0.602. The Morgan fingerprint density at radius 3 is 2.71 bits per heavy atom. The third-order valence-corrected chi connectivity index (χ3v) is 2.96. The molecule has 14 heavy (non-hydrogen) atoms. The highest BCUT2D eigenvalue weighted by Crippen LogP contribution is 2.13. The number of nitrogens with zero attached hydrogens (tertiary/aromatic N) is 1. The molecule has 0 aliphatic rings. The first-order valence-electron chi connectivity index (χ1n) is 5.03. The van der Waals surface area contributed by atoms with Crippen LogP contribution in [-0.4, -0.2) is 35.3 Å². The first kappa shape index (κ1) is 13.8. The Kier molecular flexibility index (Phi) is 7.96. The van der Waals surface area contributed by atoms with Gasteiger partial charge in [0.15, 0.2) is 0 Å². The van der Waals surface area contributed by atoms with Crippen LogP contribution in [-0.2, 0) is 0 Å².